The van der Waals surface area contributed by atoms with Gasteiger partial charge in [-0.05, 0) is 0 Å². The summed E-state index contributed by atoms with van der Waals surface area (Å²) >= 11 is 0. The Morgan fingerprint density at radius 3 is 0.239 bits per heavy atom. The summed E-state index contributed by atoms with van der Waals surface area (Å²) < 4.78 is 177. The average molecular weight is 1750 g/mol. The van der Waals surface area contributed by atoms with Gasteiger partial charge in [-0.15, -0.1) is 0 Å². The van der Waals surface area contributed by atoms with Gasteiger partial charge in [0.25, 0.3) is 0 Å². The van der Waals surface area contributed by atoms with Crippen LogP contribution in [-0.2, 0) is 82.2 Å². The quantitative estimate of drug-likeness (QED) is 0.0334. The van der Waals surface area contributed by atoms with E-state index in [0.717, 1.165) is 13.1 Å². The molecule has 0 rings (SSSR count). The van der Waals surface area contributed by atoms with Crippen LogP contribution in [0.2, 0.25) is 0 Å². The third-order valence-electron chi connectivity index (χ3n) is 4.12. The van der Waals surface area contributed by atoms with Crippen molar-refractivity contribution < 1.29 is 258 Å². The Balaban J connectivity index is -0.0000000875. The van der Waals surface area contributed by atoms with Crippen LogP contribution in [0.25, 0.3) is 0 Å². The summed E-state index contributed by atoms with van der Waals surface area (Å²) in [5.74, 6) is -12.4. The zero-order valence-corrected chi connectivity index (χ0v) is 61.0. The SMILES string of the molecule is NCCN.NCCNCCN.O=P(O)(O)CP(=O)(O)O.O=P(O)(O)CP(=O)(O)O.O=P(O)(O)CP(=O)(O)O.O=P(O)(O)CP(=O)(O)O.O=P(O)(O)CP(=O)(O)O.O=P(O)(O)CP(=O)(O)O.O=P(O)(O)CP(=O)(O)O.O=P(O)(O)CP(=O)(O)O.O=P(O)(O)CP(=O)(O)O. The van der Waals surface area contributed by atoms with Crippen LogP contribution in [0.5, 0.6) is 0 Å². The van der Waals surface area contributed by atoms with Crippen molar-refractivity contribution in [1.82, 2.24) is 5.32 Å². The van der Waals surface area contributed by atoms with Crippen molar-refractivity contribution in [3.05, 3.63) is 0 Å². The minimum atomic E-state index is -4.55. The van der Waals surface area contributed by atoms with Crippen molar-refractivity contribution in [3.8, 4) is 0 Å². The highest BCUT2D eigenvalue weighted by Gasteiger charge is 2.32. The second-order valence-corrected chi connectivity index (χ2v) is 49.3. The second kappa shape index (κ2) is 50.0. The summed E-state index contributed by atoms with van der Waals surface area (Å²) in [7, 11) is -81.9. The number of hydrogen-bond donors (Lipinski definition) is 41. The van der Waals surface area contributed by atoms with E-state index in [-0.39, 0.29) is 0 Å². The molecule has 0 saturated carbocycles. The lowest BCUT2D eigenvalue weighted by molar-refractivity contribution is 0.352. The number of nitrogens with two attached hydrogens (primary N) is 4. The standard InChI is InChI=1S/C4H13N3.C2H8N2.9CH6O6P2/c5-1-3-7-4-2-6;3-1-2-4;9*2-8(3,4)1-9(5,6)7/h7H,1-6H2;1-4H2;9*1H2,(H2,2,3,4)(H2,5,6,7). The van der Waals surface area contributed by atoms with Gasteiger partial charge in [-0.3, -0.25) is 82.2 Å². The Hall–Kier alpha value is 2.50. The van der Waals surface area contributed by atoms with E-state index >= 15 is 0 Å². The van der Waals surface area contributed by atoms with Gasteiger partial charge in [-0.1, -0.05) is 0 Å². The van der Waals surface area contributed by atoms with Gasteiger partial charge >= 0.3 is 137 Å². The molecule has 0 aliphatic heterocycles. The summed E-state index contributed by atoms with van der Waals surface area (Å²) in [6.07, 6.45) is 0. The van der Waals surface area contributed by atoms with Gasteiger partial charge in [0.05, 0.1) is 0 Å². The van der Waals surface area contributed by atoms with Crippen LogP contribution in [0.4, 0.5) is 0 Å². The van der Waals surface area contributed by atoms with Gasteiger partial charge in [0.15, 0.2) is 53.1 Å². The van der Waals surface area contributed by atoms with Crippen molar-refractivity contribution in [2.45, 2.75) is 0 Å². The second-order valence-electron chi connectivity index (χ2n) is 15.1. The van der Waals surface area contributed by atoms with Crippen molar-refractivity contribution in [2.24, 2.45) is 22.9 Å². The lowest BCUT2D eigenvalue weighted by Crippen LogP contribution is -2.27. The molecule has 92 heavy (non-hydrogen) atoms. The van der Waals surface area contributed by atoms with E-state index in [4.69, 9.17) is 199 Å². The fourth-order valence-electron chi connectivity index (χ4n) is 2.49. The third-order valence-corrected chi connectivity index (χ3v) is 30.7. The first kappa shape index (κ1) is 118. The first-order chi connectivity index (χ1) is 38.7. The van der Waals surface area contributed by atoms with E-state index in [1.807, 2.05) is 0 Å². The number of nitrogens with one attached hydrogen (secondary N) is 1. The highest BCUT2D eigenvalue weighted by molar-refractivity contribution is 7.73. The molecule has 45 N–H and O–H groups in total. The predicted octanol–water partition coefficient (Wildman–Crippen LogP) is -8.91. The van der Waals surface area contributed by atoms with Gasteiger partial charge in [-0.25, -0.2) is 0 Å². The molecule has 0 aromatic carbocycles. The number of rotatable bonds is 23. The summed E-state index contributed by atoms with van der Waals surface area (Å²) in [4.78, 5) is 287. The minimum Gasteiger partial charge on any atom is -0.329 e. The summed E-state index contributed by atoms with van der Waals surface area (Å²) in [5, 5.41) is 3.03. The smallest absolute Gasteiger partial charge is 0.329 e. The lowest BCUT2D eigenvalue weighted by Gasteiger charge is -2.03. The summed E-state index contributed by atoms with van der Waals surface area (Å²) in [6, 6.07) is 0. The van der Waals surface area contributed by atoms with Crippen LogP contribution < -0.4 is 28.3 Å². The monoisotopic (exact) mass is 1750 g/mol. The van der Waals surface area contributed by atoms with E-state index in [9.17, 15) is 82.2 Å². The Labute approximate surface area is 514 Å². The van der Waals surface area contributed by atoms with Crippen molar-refractivity contribution in [3.63, 3.8) is 0 Å². The summed E-state index contributed by atoms with van der Waals surface area (Å²) in [5.41, 5.74) is 20.1. The van der Waals surface area contributed by atoms with Crippen LogP contribution in [-0.4, -0.2) is 269 Å². The van der Waals surface area contributed by atoms with Crippen LogP contribution in [0.15, 0.2) is 0 Å². The normalized spacial score (nSPS) is 13.2. The van der Waals surface area contributed by atoms with Gasteiger partial charge in [0.2, 0.25) is 0 Å². The van der Waals surface area contributed by atoms with Crippen molar-refractivity contribution in [2.75, 3.05) is 92.4 Å². The Bertz CT molecular complexity index is 2130. The van der Waals surface area contributed by atoms with E-state index in [1.165, 1.54) is 0 Å². The van der Waals surface area contributed by atoms with Gasteiger partial charge < -0.3 is 204 Å². The first-order valence-electron chi connectivity index (χ1n) is 20.0. The van der Waals surface area contributed by atoms with Gasteiger partial charge in [0.1, 0.15) is 0 Å². The Morgan fingerprint density at radius 1 is 0.152 bits per heavy atom. The molecule has 574 valence electrons. The van der Waals surface area contributed by atoms with E-state index in [1.54, 1.807) is 0 Å². The molecule has 0 amide bonds. The van der Waals surface area contributed by atoms with E-state index in [2.05, 4.69) is 5.32 Å². The molecule has 0 heterocycles. The predicted molar refractivity (Wildman–Crippen MR) is 310 cm³/mol. The third kappa shape index (κ3) is 205. The average Bonchev–Trinajstić information content (AvgIpc) is 3.03. The zero-order valence-electron chi connectivity index (χ0n) is 44.9. The molecule has 0 saturated heterocycles. The topological polar surface area (TPSA) is 1150 Å². The van der Waals surface area contributed by atoms with Crippen molar-refractivity contribution >= 4 is 137 Å². The van der Waals surface area contributed by atoms with E-state index in [0.29, 0.717) is 26.2 Å². The maximum Gasteiger partial charge on any atom is 0.337 e. The molecule has 0 aliphatic rings. The molecule has 0 aliphatic carbocycles. The number of hydrogen-bond acceptors (Lipinski definition) is 23. The maximum absolute atomic E-state index is 9.85. The molecule has 0 fully saturated rings. The lowest BCUT2D eigenvalue weighted by atomic mass is 10.6. The zero-order chi connectivity index (χ0) is 78.3. The molecule has 0 aromatic heterocycles. The minimum absolute atomic E-state index is 0.597. The molecule has 0 atom stereocenters. The molecule has 59 nitrogen and oxygen atoms in total. The molecule has 0 spiro atoms. The largest absolute Gasteiger partial charge is 0.337 e. The van der Waals surface area contributed by atoms with Crippen LogP contribution in [0, 0.1) is 0 Å². The first-order valence-corrected chi connectivity index (χ1v) is 52.4. The Morgan fingerprint density at radius 2 is 0.217 bits per heavy atom. The molecular weight excluding hydrogens is 1670 g/mol. The molecule has 0 radical (unpaired) electrons. The molecule has 0 bridgehead atoms. The fraction of sp³-hybridized carbons (Fsp3) is 1.00. The highest BCUT2D eigenvalue weighted by Crippen LogP contribution is 2.57. The molecule has 77 heteroatoms. The van der Waals surface area contributed by atoms with Gasteiger partial charge in [0, 0.05) is 39.3 Å². The molecular formula is C15H75N5O54P18. The molecule has 0 aromatic rings. The van der Waals surface area contributed by atoms with Crippen LogP contribution in [0.1, 0.15) is 0 Å². The van der Waals surface area contributed by atoms with Crippen LogP contribution >= 0.6 is 137 Å². The molecule has 0 unspecified atom stereocenters. The van der Waals surface area contributed by atoms with Crippen molar-refractivity contribution in [1.29, 1.82) is 0 Å². The summed E-state index contributed by atoms with van der Waals surface area (Å²) in [6.45, 7) is 4.33. The van der Waals surface area contributed by atoms with Gasteiger partial charge in [-0.2, -0.15) is 0 Å². The highest BCUT2D eigenvalue weighted by atomic mass is 31.3. The van der Waals surface area contributed by atoms with Crippen LogP contribution in [0.3, 0.4) is 0 Å². The Kier molecular flexibility index (Phi) is 64.4. The fourth-order valence-corrected chi connectivity index (χ4v) is 19.8. The maximum atomic E-state index is 9.85. The van der Waals surface area contributed by atoms with E-state index < -0.39 is 190 Å².